The van der Waals surface area contributed by atoms with Gasteiger partial charge in [-0.25, -0.2) is 18.1 Å². The highest BCUT2D eigenvalue weighted by atomic mass is 32.2. The molecule has 0 aliphatic rings. The molecule has 96 valence electrons. The number of nitrogen functional groups attached to an aromatic ring is 1. The second kappa shape index (κ2) is 5.01. The van der Waals surface area contributed by atoms with Crippen molar-refractivity contribution in [3.8, 4) is 0 Å². The van der Waals surface area contributed by atoms with E-state index >= 15 is 0 Å². The average Bonchev–Trinajstić information content (AvgIpc) is 2.29. The summed E-state index contributed by atoms with van der Waals surface area (Å²) in [6.45, 7) is 5.79. The molecule has 0 spiro atoms. The fourth-order valence-corrected chi connectivity index (χ4v) is 2.82. The van der Waals surface area contributed by atoms with E-state index in [1.165, 1.54) is 18.3 Å². The molecule has 0 unspecified atom stereocenters. The first-order chi connectivity index (χ1) is 7.83. The topological polar surface area (TPSA) is 85.1 Å². The van der Waals surface area contributed by atoms with Gasteiger partial charge in [0.2, 0.25) is 10.0 Å². The molecule has 0 amide bonds. The summed E-state index contributed by atoms with van der Waals surface area (Å²) >= 11 is 0. The van der Waals surface area contributed by atoms with Crippen molar-refractivity contribution in [3.05, 3.63) is 18.3 Å². The Balaban J connectivity index is 3.00. The van der Waals surface area contributed by atoms with Gasteiger partial charge >= 0.3 is 0 Å². The van der Waals surface area contributed by atoms with Crippen molar-refractivity contribution in [1.82, 2.24) is 9.71 Å². The molecule has 0 saturated carbocycles. The number of aromatic nitrogens is 1. The molecule has 0 aromatic carbocycles. The summed E-state index contributed by atoms with van der Waals surface area (Å²) in [7, 11) is -3.53. The lowest BCUT2D eigenvalue weighted by Gasteiger charge is -2.27. The summed E-state index contributed by atoms with van der Waals surface area (Å²) in [5.41, 5.74) is 4.99. The lowest BCUT2D eigenvalue weighted by molar-refractivity contribution is 0.388. The van der Waals surface area contributed by atoms with Gasteiger partial charge in [0.05, 0.1) is 0 Å². The number of nitrogens with one attached hydrogen (secondary N) is 1. The second-order valence-electron chi connectivity index (χ2n) is 4.29. The minimum atomic E-state index is -3.53. The van der Waals surface area contributed by atoms with Crippen LogP contribution in [0.3, 0.4) is 0 Å². The van der Waals surface area contributed by atoms with Crippen LogP contribution in [0, 0.1) is 0 Å². The van der Waals surface area contributed by atoms with Gasteiger partial charge in [0, 0.05) is 11.7 Å². The number of sulfonamides is 1. The molecule has 5 nitrogen and oxygen atoms in total. The number of hydrogen-bond donors (Lipinski definition) is 2. The van der Waals surface area contributed by atoms with Crippen LogP contribution in [0.25, 0.3) is 0 Å². The van der Waals surface area contributed by atoms with Crippen molar-refractivity contribution < 1.29 is 8.42 Å². The SMILES string of the molecule is CCC(C)(CC)NS(=O)(=O)c1ccc(N)nc1. The van der Waals surface area contributed by atoms with Crippen molar-refractivity contribution in [2.24, 2.45) is 0 Å². The van der Waals surface area contributed by atoms with Crippen molar-refractivity contribution in [3.63, 3.8) is 0 Å². The van der Waals surface area contributed by atoms with Crippen molar-refractivity contribution >= 4 is 15.8 Å². The number of pyridine rings is 1. The fourth-order valence-electron chi connectivity index (χ4n) is 1.33. The molecular formula is C11H19N3O2S. The Kier molecular flexibility index (Phi) is 4.11. The molecule has 0 aliphatic carbocycles. The van der Waals surface area contributed by atoms with Crippen LogP contribution in [0.1, 0.15) is 33.6 Å². The standard InChI is InChI=1S/C11H19N3O2S/c1-4-11(3,5-2)14-17(15,16)9-6-7-10(12)13-8-9/h6-8,14H,4-5H2,1-3H3,(H2,12,13). The lowest BCUT2D eigenvalue weighted by Crippen LogP contribution is -2.44. The molecule has 0 saturated heterocycles. The highest BCUT2D eigenvalue weighted by Gasteiger charge is 2.27. The van der Waals surface area contributed by atoms with E-state index in [1.807, 2.05) is 20.8 Å². The summed E-state index contributed by atoms with van der Waals surface area (Å²) in [6, 6.07) is 2.93. The highest BCUT2D eigenvalue weighted by molar-refractivity contribution is 7.89. The van der Waals surface area contributed by atoms with E-state index in [-0.39, 0.29) is 4.90 Å². The van der Waals surface area contributed by atoms with E-state index in [1.54, 1.807) is 0 Å². The zero-order valence-corrected chi connectivity index (χ0v) is 11.2. The Morgan fingerprint density at radius 2 is 1.94 bits per heavy atom. The van der Waals surface area contributed by atoms with Gasteiger partial charge in [-0.3, -0.25) is 0 Å². The van der Waals surface area contributed by atoms with Crippen LogP contribution in [0.4, 0.5) is 5.82 Å². The molecule has 1 aromatic rings. The number of anilines is 1. The quantitative estimate of drug-likeness (QED) is 0.837. The van der Waals surface area contributed by atoms with Crippen LogP contribution in [-0.4, -0.2) is 18.9 Å². The first kappa shape index (κ1) is 13.9. The molecule has 0 atom stereocenters. The monoisotopic (exact) mass is 257 g/mol. The third-order valence-electron chi connectivity index (χ3n) is 3.01. The van der Waals surface area contributed by atoms with Crippen LogP contribution in [0.5, 0.6) is 0 Å². The number of nitrogens with zero attached hydrogens (tertiary/aromatic N) is 1. The van der Waals surface area contributed by atoms with Gasteiger partial charge < -0.3 is 5.73 Å². The van der Waals surface area contributed by atoms with E-state index in [4.69, 9.17) is 5.73 Å². The van der Waals surface area contributed by atoms with Crippen LogP contribution < -0.4 is 10.5 Å². The maximum atomic E-state index is 12.1. The van der Waals surface area contributed by atoms with Gasteiger partial charge in [0.1, 0.15) is 10.7 Å². The third kappa shape index (κ3) is 3.41. The van der Waals surface area contributed by atoms with Crippen LogP contribution in [-0.2, 0) is 10.0 Å². The van der Waals surface area contributed by atoms with Gasteiger partial charge in [-0.2, -0.15) is 0 Å². The zero-order chi connectivity index (χ0) is 13.1. The summed E-state index contributed by atoms with van der Waals surface area (Å²) in [4.78, 5) is 3.92. The normalized spacial score (nSPS) is 12.6. The minimum Gasteiger partial charge on any atom is -0.384 e. The van der Waals surface area contributed by atoms with Crippen LogP contribution >= 0.6 is 0 Å². The molecule has 17 heavy (non-hydrogen) atoms. The Morgan fingerprint density at radius 1 is 1.35 bits per heavy atom. The maximum absolute atomic E-state index is 12.1. The van der Waals surface area contributed by atoms with Crippen molar-refractivity contribution in [2.45, 2.75) is 44.0 Å². The first-order valence-corrected chi connectivity index (χ1v) is 7.07. The Morgan fingerprint density at radius 3 is 2.35 bits per heavy atom. The van der Waals surface area contributed by atoms with Crippen molar-refractivity contribution in [1.29, 1.82) is 0 Å². The summed E-state index contributed by atoms with van der Waals surface area (Å²) in [6.07, 6.45) is 2.72. The smallest absolute Gasteiger partial charge is 0.242 e. The number of hydrogen-bond acceptors (Lipinski definition) is 4. The molecule has 0 aliphatic heterocycles. The van der Waals surface area contributed by atoms with E-state index in [9.17, 15) is 8.42 Å². The Labute approximate surface area is 102 Å². The van der Waals surface area contributed by atoms with E-state index in [0.717, 1.165) is 12.8 Å². The first-order valence-electron chi connectivity index (χ1n) is 5.58. The predicted octanol–water partition coefficient (Wildman–Crippen LogP) is 1.52. The molecule has 1 rings (SSSR count). The highest BCUT2D eigenvalue weighted by Crippen LogP contribution is 2.18. The maximum Gasteiger partial charge on any atom is 0.242 e. The fraction of sp³-hybridized carbons (Fsp3) is 0.545. The molecule has 0 bridgehead atoms. The van der Waals surface area contributed by atoms with Gasteiger partial charge in [-0.15, -0.1) is 0 Å². The molecular weight excluding hydrogens is 238 g/mol. The summed E-state index contributed by atoms with van der Waals surface area (Å²) < 4.78 is 26.9. The number of nitrogens with two attached hydrogens (primary N) is 1. The lowest BCUT2D eigenvalue weighted by atomic mass is 9.98. The van der Waals surface area contributed by atoms with Crippen molar-refractivity contribution in [2.75, 3.05) is 5.73 Å². The second-order valence-corrected chi connectivity index (χ2v) is 5.97. The number of rotatable bonds is 5. The van der Waals surface area contributed by atoms with Gasteiger partial charge in [-0.1, -0.05) is 13.8 Å². The summed E-state index contributed by atoms with van der Waals surface area (Å²) in [5.74, 6) is 0.303. The van der Waals surface area contributed by atoms with Crippen LogP contribution in [0.2, 0.25) is 0 Å². The molecule has 3 N–H and O–H groups in total. The minimum absolute atomic E-state index is 0.139. The molecule has 1 aromatic heterocycles. The van der Waals surface area contributed by atoms with E-state index in [2.05, 4.69) is 9.71 Å². The molecule has 0 fully saturated rings. The van der Waals surface area contributed by atoms with Gasteiger partial charge in [0.15, 0.2) is 0 Å². The summed E-state index contributed by atoms with van der Waals surface area (Å²) in [5, 5.41) is 0. The zero-order valence-electron chi connectivity index (χ0n) is 10.4. The van der Waals surface area contributed by atoms with Gasteiger partial charge in [0.25, 0.3) is 0 Å². The van der Waals surface area contributed by atoms with E-state index < -0.39 is 15.6 Å². The Bertz CT molecular complexity index is 464. The van der Waals surface area contributed by atoms with E-state index in [0.29, 0.717) is 5.82 Å². The predicted molar refractivity (Wildman–Crippen MR) is 68.0 cm³/mol. The molecule has 6 heteroatoms. The average molecular weight is 257 g/mol. The van der Waals surface area contributed by atoms with Gasteiger partial charge in [-0.05, 0) is 31.9 Å². The van der Waals surface area contributed by atoms with Crippen LogP contribution in [0.15, 0.2) is 23.2 Å². The molecule has 1 heterocycles. The third-order valence-corrected chi connectivity index (χ3v) is 4.63. The molecule has 0 radical (unpaired) electrons. The Hall–Kier alpha value is -1.14. The largest absolute Gasteiger partial charge is 0.384 e.